The molecule has 2 fully saturated rings. The first-order valence-electron chi connectivity index (χ1n) is 8.68. The Morgan fingerprint density at radius 2 is 1.83 bits per heavy atom. The van der Waals surface area contributed by atoms with Crippen LogP contribution in [-0.2, 0) is 14.0 Å². The number of aromatic nitrogens is 1. The Kier molecular flexibility index (Phi) is 3.71. The van der Waals surface area contributed by atoms with Gasteiger partial charge in [-0.05, 0) is 50.5 Å². The standard InChI is InChI=1S/C19H24BNO3/c1-18(2)19(3,4)24-20(23-18)15-6-5-13-10-21-11-17(16(13)9-15)14-7-8-22-12-14/h5-6,9-11,14H,7-8,12H2,1-4H3. The minimum Gasteiger partial charge on any atom is -0.399 e. The molecule has 0 bridgehead atoms. The van der Waals surface area contributed by atoms with Gasteiger partial charge < -0.3 is 14.0 Å². The van der Waals surface area contributed by atoms with E-state index in [4.69, 9.17) is 14.0 Å². The van der Waals surface area contributed by atoms with Crippen molar-refractivity contribution in [3.05, 3.63) is 36.2 Å². The second-order valence-electron chi connectivity index (χ2n) is 7.86. The number of hydrogen-bond donors (Lipinski definition) is 0. The molecule has 1 aromatic carbocycles. The van der Waals surface area contributed by atoms with Crippen molar-refractivity contribution in [1.82, 2.24) is 4.98 Å². The van der Waals surface area contributed by atoms with E-state index in [1.54, 1.807) is 0 Å². The van der Waals surface area contributed by atoms with Crippen molar-refractivity contribution >= 4 is 23.4 Å². The van der Waals surface area contributed by atoms with Gasteiger partial charge in [0.25, 0.3) is 0 Å². The number of fused-ring (bicyclic) bond motifs is 1. The van der Waals surface area contributed by atoms with E-state index in [0.717, 1.165) is 30.5 Å². The predicted molar refractivity (Wildman–Crippen MR) is 95.6 cm³/mol. The number of benzene rings is 1. The van der Waals surface area contributed by atoms with Crippen LogP contribution in [0.25, 0.3) is 10.8 Å². The molecule has 0 saturated carbocycles. The summed E-state index contributed by atoms with van der Waals surface area (Å²) < 4.78 is 18.0. The summed E-state index contributed by atoms with van der Waals surface area (Å²) in [5.41, 5.74) is 1.68. The van der Waals surface area contributed by atoms with Gasteiger partial charge in [0.2, 0.25) is 0 Å². The third-order valence-corrected chi connectivity index (χ3v) is 5.71. The van der Waals surface area contributed by atoms with Gasteiger partial charge in [0.05, 0.1) is 17.8 Å². The number of nitrogens with zero attached hydrogens (tertiary/aromatic N) is 1. The second kappa shape index (κ2) is 5.55. The van der Waals surface area contributed by atoms with E-state index in [1.165, 1.54) is 10.9 Å². The minimum absolute atomic E-state index is 0.326. The average Bonchev–Trinajstić information content (AvgIpc) is 3.13. The van der Waals surface area contributed by atoms with Gasteiger partial charge in [-0.15, -0.1) is 0 Å². The molecule has 0 radical (unpaired) electrons. The van der Waals surface area contributed by atoms with E-state index in [1.807, 2.05) is 12.4 Å². The summed E-state index contributed by atoms with van der Waals surface area (Å²) in [6.07, 6.45) is 4.96. The van der Waals surface area contributed by atoms with Crippen LogP contribution in [0, 0.1) is 0 Å². The molecule has 4 nitrogen and oxygen atoms in total. The van der Waals surface area contributed by atoms with Gasteiger partial charge in [-0.1, -0.05) is 18.2 Å². The van der Waals surface area contributed by atoms with Crippen molar-refractivity contribution in [3.63, 3.8) is 0 Å². The Labute approximate surface area is 143 Å². The Bertz CT molecular complexity index is 752. The summed E-state index contributed by atoms with van der Waals surface area (Å²) in [5.74, 6) is 0.426. The van der Waals surface area contributed by atoms with Crippen LogP contribution < -0.4 is 5.46 Å². The Hall–Kier alpha value is -1.43. The zero-order valence-electron chi connectivity index (χ0n) is 14.8. The molecular weight excluding hydrogens is 301 g/mol. The van der Waals surface area contributed by atoms with Gasteiger partial charge in [-0.2, -0.15) is 0 Å². The molecule has 5 heteroatoms. The molecule has 0 amide bonds. The summed E-state index contributed by atoms with van der Waals surface area (Å²) >= 11 is 0. The fraction of sp³-hybridized carbons (Fsp3) is 0.526. The molecule has 3 heterocycles. The lowest BCUT2D eigenvalue weighted by Crippen LogP contribution is -2.41. The Balaban J connectivity index is 1.74. The second-order valence-corrected chi connectivity index (χ2v) is 7.86. The van der Waals surface area contributed by atoms with Crippen LogP contribution in [0.2, 0.25) is 0 Å². The molecule has 1 atom stereocenters. The molecule has 1 unspecified atom stereocenters. The first kappa shape index (κ1) is 16.1. The molecular formula is C19H24BNO3. The van der Waals surface area contributed by atoms with E-state index in [0.29, 0.717) is 5.92 Å². The zero-order chi connectivity index (χ0) is 16.9. The number of ether oxygens (including phenoxy) is 1. The Morgan fingerprint density at radius 1 is 1.08 bits per heavy atom. The highest BCUT2D eigenvalue weighted by atomic mass is 16.7. The van der Waals surface area contributed by atoms with Gasteiger partial charge in [0.15, 0.2) is 0 Å². The van der Waals surface area contributed by atoms with Gasteiger partial charge in [0.1, 0.15) is 0 Å². The lowest BCUT2D eigenvalue weighted by atomic mass is 9.77. The van der Waals surface area contributed by atoms with Crippen LogP contribution in [0.5, 0.6) is 0 Å². The van der Waals surface area contributed by atoms with Crippen LogP contribution in [0.15, 0.2) is 30.6 Å². The van der Waals surface area contributed by atoms with Crippen LogP contribution >= 0.6 is 0 Å². The van der Waals surface area contributed by atoms with Crippen molar-refractivity contribution in [2.75, 3.05) is 13.2 Å². The van der Waals surface area contributed by atoms with E-state index in [9.17, 15) is 0 Å². The van der Waals surface area contributed by atoms with E-state index >= 15 is 0 Å². The fourth-order valence-corrected chi connectivity index (χ4v) is 3.43. The smallest absolute Gasteiger partial charge is 0.399 e. The van der Waals surface area contributed by atoms with Crippen molar-refractivity contribution in [3.8, 4) is 0 Å². The third-order valence-electron chi connectivity index (χ3n) is 5.71. The molecule has 0 spiro atoms. The maximum atomic E-state index is 6.20. The normalized spacial score (nSPS) is 25.5. The van der Waals surface area contributed by atoms with Crippen molar-refractivity contribution in [1.29, 1.82) is 0 Å². The van der Waals surface area contributed by atoms with Crippen molar-refractivity contribution in [2.24, 2.45) is 0 Å². The highest BCUT2D eigenvalue weighted by molar-refractivity contribution is 6.62. The maximum absolute atomic E-state index is 6.20. The van der Waals surface area contributed by atoms with Crippen molar-refractivity contribution in [2.45, 2.75) is 51.2 Å². The van der Waals surface area contributed by atoms with Gasteiger partial charge >= 0.3 is 7.12 Å². The van der Waals surface area contributed by atoms with E-state index in [2.05, 4.69) is 50.9 Å². The first-order valence-corrected chi connectivity index (χ1v) is 8.68. The van der Waals surface area contributed by atoms with Crippen LogP contribution in [0.1, 0.15) is 45.6 Å². The molecule has 1 aromatic heterocycles. The highest BCUT2D eigenvalue weighted by Gasteiger charge is 2.51. The minimum atomic E-state index is -0.333. The summed E-state index contributed by atoms with van der Waals surface area (Å²) in [6.45, 7) is 9.94. The van der Waals surface area contributed by atoms with Crippen LogP contribution in [-0.4, -0.2) is 36.5 Å². The summed E-state index contributed by atoms with van der Waals surface area (Å²) in [4.78, 5) is 4.41. The maximum Gasteiger partial charge on any atom is 0.494 e. The molecule has 2 aliphatic heterocycles. The summed E-state index contributed by atoms with van der Waals surface area (Å²) in [7, 11) is -0.333. The van der Waals surface area contributed by atoms with Crippen LogP contribution in [0.4, 0.5) is 0 Å². The van der Waals surface area contributed by atoms with Crippen molar-refractivity contribution < 1.29 is 14.0 Å². The largest absolute Gasteiger partial charge is 0.494 e. The fourth-order valence-electron chi connectivity index (χ4n) is 3.43. The lowest BCUT2D eigenvalue weighted by molar-refractivity contribution is 0.00578. The van der Waals surface area contributed by atoms with Crippen LogP contribution in [0.3, 0.4) is 0 Å². The zero-order valence-corrected chi connectivity index (χ0v) is 14.8. The Morgan fingerprint density at radius 3 is 2.50 bits per heavy atom. The monoisotopic (exact) mass is 325 g/mol. The number of rotatable bonds is 2. The molecule has 2 aromatic rings. The summed E-state index contributed by atoms with van der Waals surface area (Å²) in [6, 6.07) is 6.40. The van der Waals surface area contributed by atoms with E-state index in [-0.39, 0.29) is 18.3 Å². The molecule has 24 heavy (non-hydrogen) atoms. The third kappa shape index (κ3) is 2.55. The molecule has 0 aliphatic carbocycles. The lowest BCUT2D eigenvalue weighted by Gasteiger charge is -2.32. The quantitative estimate of drug-likeness (QED) is 0.796. The topological polar surface area (TPSA) is 40.6 Å². The molecule has 4 rings (SSSR count). The number of pyridine rings is 1. The SMILES string of the molecule is CC1(C)OB(c2ccc3cncc(C4CCOC4)c3c2)OC1(C)C. The molecule has 2 aliphatic rings. The molecule has 0 N–H and O–H groups in total. The van der Waals surface area contributed by atoms with Gasteiger partial charge in [-0.25, -0.2) is 0 Å². The molecule has 2 saturated heterocycles. The van der Waals surface area contributed by atoms with E-state index < -0.39 is 0 Å². The first-order chi connectivity index (χ1) is 11.4. The molecule has 126 valence electrons. The van der Waals surface area contributed by atoms with Gasteiger partial charge in [-0.3, -0.25) is 4.98 Å². The summed E-state index contributed by atoms with van der Waals surface area (Å²) in [5, 5.41) is 2.38. The number of hydrogen-bond acceptors (Lipinski definition) is 4. The van der Waals surface area contributed by atoms with Gasteiger partial charge in [0, 0.05) is 30.3 Å². The predicted octanol–water partition coefficient (Wildman–Crippen LogP) is 3.04. The average molecular weight is 325 g/mol. The highest BCUT2D eigenvalue weighted by Crippen LogP contribution is 2.37.